The van der Waals surface area contributed by atoms with Crippen molar-refractivity contribution in [2.24, 2.45) is 17.4 Å². The first-order valence-corrected chi connectivity index (χ1v) is 5.78. The quantitative estimate of drug-likeness (QED) is 0.699. The molecule has 0 radical (unpaired) electrons. The highest BCUT2D eigenvalue weighted by Gasteiger charge is 2.31. The van der Waals surface area contributed by atoms with E-state index in [1.165, 1.54) is 0 Å². The summed E-state index contributed by atoms with van der Waals surface area (Å²) >= 11 is 0. The van der Waals surface area contributed by atoms with E-state index >= 15 is 0 Å². The second kappa shape index (κ2) is 5.01. The molecule has 5 nitrogen and oxygen atoms in total. The zero-order valence-electron chi connectivity index (χ0n) is 10.4. The van der Waals surface area contributed by atoms with Gasteiger partial charge in [-0.1, -0.05) is 0 Å². The van der Waals surface area contributed by atoms with Crippen LogP contribution in [0, 0.1) is 5.92 Å². The lowest BCUT2D eigenvalue weighted by Crippen LogP contribution is -2.53. The molecule has 1 rings (SSSR count). The third-order valence-electron chi connectivity index (χ3n) is 2.71. The van der Waals surface area contributed by atoms with E-state index in [1.54, 1.807) is 4.90 Å². The van der Waals surface area contributed by atoms with E-state index in [0.717, 1.165) is 12.8 Å². The van der Waals surface area contributed by atoms with E-state index in [0.29, 0.717) is 19.0 Å². The molecule has 0 bridgehead atoms. The van der Waals surface area contributed by atoms with Crippen molar-refractivity contribution in [1.29, 1.82) is 0 Å². The number of likely N-dealkylation sites (tertiary alicyclic amines) is 1. The largest absolute Gasteiger partial charge is 0.444 e. The van der Waals surface area contributed by atoms with Crippen LogP contribution >= 0.6 is 0 Å². The smallest absolute Gasteiger partial charge is 0.411 e. The van der Waals surface area contributed by atoms with Gasteiger partial charge in [0.2, 0.25) is 0 Å². The molecule has 16 heavy (non-hydrogen) atoms. The molecule has 4 N–H and O–H groups in total. The summed E-state index contributed by atoms with van der Waals surface area (Å²) in [4.78, 5) is 13.4. The van der Waals surface area contributed by atoms with E-state index < -0.39 is 5.60 Å². The molecule has 5 heteroatoms. The number of rotatable bonds is 1. The monoisotopic (exact) mass is 229 g/mol. The summed E-state index contributed by atoms with van der Waals surface area (Å²) in [6.45, 7) is 6.82. The van der Waals surface area contributed by atoms with Crippen molar-refractivity contribution >= 4 is 6.09 Å². The lowest BCUT2D eigenvalue weighted by molar-refractivity contribution is 0.00597. The van der Waals surface area contributed by atoms with Gasteiger partial charge in [0, 0.05) is 6.54 Å². The number of amides is 1. The van der Waals surface area contributed by atoms with Crippen LogP contribution in [-0.4, -0.2) is 35.8 Å². The zero-order valence-corrected chi connectivity index (χ0v) is 10.4. The normalized spacial score (nSPS) is 26.7. The molecule has 0 aromatic rings. The molecule has 2 atom stereocenters. The zero-order chi connectivity index (χ0) is 12.3. The Kier molecular flexibility index (Phi) is 4.15. The van der Waals surface area contributed by atoms with Crippen LogP contribution < -0.4 is 11.5 Å². The number of nitrogens with zero attached hydrogens (tertiary/aromatic N) is 1. The Hall–Kier alpha value is -0.810. The van der Waals surface area contributed by atoms with Gasteiger partial charge < -0.3 is 16.2 Å². The molecule has 1 saturated heterocycles. The summed E-state index contributed by atoms with van der Waals surface area (Å²) < 4.78 is 5.29. The Morgan fingerprint density at radius 1 is 1.50 bits per heavy atom. The highest BCUT2D eigenvalue weighted by Crippen LogP contribution is 2.21. The maximum atomic E-state index is 11.8. The van der Waals surface area contributed by atoms with Crippen molar-refractivity contribution < 1.29 is 9.53 Å². The van der Waals surface area contributed by atoms with Crippen molar-refractivity contribution in [2.45, 2.75) is 45.4 Å². The average Bonchev–Trinajstić information content (AvgIpc) is 2.14. The van der Waals surface area contributed by atoms with Gasteiger partial charge in [-0.25, -0.2) is 4.79 Å². The van der Waals surface area contributed by atoms with E-state index in [9.17, 15) is 4.79 Å². The van der Waals surface area contributed by atoms with Gasteiger partial charge in [-0.05, 0) is 46.1 Å². The molecule has 0 spiro atoms. The molecule has 0 aromatic carbocycles. The van der Waals surface area contributed by atoms with E-state index in [-0.39, 0.29) is 12.3 Å². The molecule has 2 unspecified atom stereocenters. The van der Waals surface area contributed by atoms with Gasteiger partial charge in [0.1, 0.15) is 5.60 Å². The van der Waals surface area contributed by atoms with Gasteiger partial charge >= 0.3 is 6.09 Å². The Bertz CT molecular complexity index is 250. The van der Waals surface area contributed by atoms with Crippen LogP contribution in [0.3, 0.4) is 0 Å². The van der Waals surface area contributed by atoms with E-state index in [4.69, 9.17) is 16.2 Å². The SMILES string of the molecule is CC(C)(C)OC(=O)N1CCC(CN)CC1N. The van der Waals surface area contributed by atoms with E-state index in [1.807, 2.05) is 20.8 Å². The molecule has 94 valence electrons. The number of carbonyl (C=O) groups is 1. The molecule has 1 aliphatic rings. The maximum Gasteiger partial charge on any atom is 0.411 e. The van der Waals surface area contributed by atoms with Crippen molar-refractivity contribution in [2.75, 3.05) is 13.1 Å². The summed E-state index contributed by atoms with van der Waals surface area (Å²) in [5.74, 6) is 0.425. The molecular formula is C11H23N3O2. The van der Waals surface area contributed by atoms with Crippen LogP contribution in [0.2, 0.25) is 0 Å². The summed E-state index contributed by atoms with van der Waals surface area (Å²) in [5.41, 5.74) is 11.1. The minimum absolute atomic E-state index is 0.267. The summed E-state index contributed by atoms with van der Waals surface area (Å²) in [5, 5.41) is 0. The van der Waals surface area contributed by atoms with Crippen LogP contribution in [0.15, 0.2) is 0 Å². The number of hydrogen-bond acceptors (Lipinski definition) is 4. The summed E-state index contributed by atoms with van der Waals surface area (Å²) in [6, 6.07) is 0. The lowest BCUT2D eigenvalue weighted by Gasteiger charge is -2.37. The van der Waals surface area contributed by atoms with Crippen molar-refractivity contribution in [3.8, 4) is 0 Å². The number of hydrogen-bond donors (Lipinski definition) is 2. The number of carbonyl (C=O) groups excluding carboxylic acids is 1. The predicted molar refractivity (Wildman–Crippen MR) is 62.7 cm³/mol. The first-order chi connectivity index (χ1) is 7.33. The van der Waals surface area contributed by atoms with Gasteiger partial charge in [0.05, 0.1) is 6.17 Å². The van der Waals surface area contributed by atoms with Gasteiger partial charge in [-0.3, -0.25) is 4.90 Å². The second-order valence-corrected chi connectivity index (χ2v) is 5.37. The molecule has 0 aliphatic carbocycles. The number of ether oxygens (including phenoxy) is 1. The van der Waals surface area contributed by atoms with Gasteiger partial charge in [-0.15, -0.1) is 0 Å². The fraction of sp³-hybridized carbons (Fsp3) is 0.909. The molecule has 1 heterocycles. The molecule has 1 aliphatic heterocycles. The van der Waals surface area contributed by atoms with E-state index in [2.05, 4.69) is 0 Å². The molecular weight excluding hydrogens is 206 g/mol. The standard InChI is InChI=1S/C11H23N3O2/c1-11(2,3)16-10(15)14-5-4-8(7-12)6-9(14)13/h8-9H,4-7,12-13H2,1-3H3. The van der Waals surface area contributed by atoms with Crippen LogP contribution in [0.25, 0.3) is 0 Å². The summed E-state index contributed by atoms with van der Waals surface area (Å²) in [6.07, 6.45) is 1.08. The first-order valence-electron chi connectivity index (χ1n) is 5.78. The lowest BCUT2D eigenvalue weighted by atomic mass is 9.95. The molecule has 0 saturated carbocycles. The summed E-state index contributed by atoms with van der Waals surface area (Å²) in [7, 11) is 0. The Morgan fingerprint density at radius 2 is 2.12 bits per heavy atom. The van der Waals surface area contributed by atoms with Crippen LogP contribution in [0.1, 0.15) is 33.6 Å². The number of piperidine rings is 1. The van der Waals surface area contributed by atoms with Crippen molar-refractivity contribution in [3.05, 3.63) is 0 Å². The fourth-order valence-corrected chi connectivity index (χ4v) is 1.84. The first kappa shape index (κ1) is 13.3. The van der Waals surface area contributed by atoms with Crippen molar-refractivity contribution in [3.63, 3.8) is 0 Å². The Balaban J connectivity index is 2.52. The minimum atomic E-state index is -0.471. The van der Waals surface area contributed by atoms with Crippen LogP contribution in [0.5, 0.6) is 0 Å². The number of nitrogens with two attached hydrogens (primary N) is 2. The molecule has 1 amide bonds. The van der Waals surface area contributed by atoms with Crippen LogP contribution in [0.4, 0.5) is 4.79 Å². The topological polar surface area (TPSA) is 81.6 Å². The highest BCUT2D eigenvalue weighted by atomic mass is 16.6. The Morgan fingerprint density at radius 3 is 2.56 bits per heavy atom. The molecule has 0 aromatic heterocycles. The predicted octanol–water partition coefficient (Wildman–Crippen LogP) is 0.877. The average molecular weight is 229 g/mol. The third-order valence-corrected chi connectivity index (χ3v) is 2.71. The fourth-order valence-electron chi connectivity index (χ4n) is 1.84. The minimum Gasteiger partial charge on any atom is -0.444 e. The molecule has 1 fully saturated rings. The van der Waals surface area contributed by atoms with Crippen LogP contribution in [-0.2, 0) is 4.74 Å². The van der Waals surface area contributed by atoms with Gasteiger partial charge in [0.15, 0.2) is 0 Å². The van der Waals surface area contributed by atoms with Crippen molar-refractivity contribution in [1.82, 2.24) is 4.90 Å². The van der Waals surface area contributed by atoms with Gasteiger partial charge in [-0.2, -0.15) is 0 Å². The third kappa shape index (κ3) is 3.64. The maximum absolute atomic E-state index is 11.8. The Labute approximate surface area is 97.1 Å². The van der Waals surface area contributed by atoms with Gasteiger partial charge in [0.25, 0.3) is 0 Å². The second-order valence-electron chi connectivity index (χ2n) is 5.37. The highest BCUT2D eigenvalue weighted by molar-refractivity contribution is 5.68.